The first-order valence-electron chi connectivity index (χ1n) is 13.3. The Bertz CT molecular complexity index is 1600. The molecule has 3 aliphatic rings. The molecule has 3 amide bonds. The van der Waals surface area contributed by atoms with Crippen LogP contribution in [-0.4, -0.2) is 71.5 Å². The van der Waals surface area contributed by atoms with Gasteiger partial charge in [0.25, 0.3) is 5.91 Å². The van der Waals surface area contributed by atoms with Crippen molar-refractivity contribution in [2.45, 2.75) is 31.3 Å². The predicted molar refractivity (Wildman–Crippen MR) is 148 cm³/mol. The van der Waals surface area contributed by atoms with Gasteiger partial charge in [0.2, 0.25) is 11.8 Å². The third-order valence-corrected chi connectivity index (χ3v) is 8.62. The van der Waals surface area contributed by atoms with Crippen LogP contribution in [0.4, 0.5) is 8.78 Å². The number of nitrogens with zero attached hydrogens (tertiary/aromatic N) is 2. The standard InChI is InChI=1S/C29H27F2N5O5S/c30-19-3-4-21(23(31)9-19)16-1-2-17-12-35(28(39)22(17)8-16)13-25(37)36-15-29(40-5-6-41-29)10-24(36)27(38)34-11-20-7-18(14-42-20)26(32)33/h1-4,7-9,14,24H,5-6,10-13,15H2,(H3,32,33)(H,34,38)/t24-/m0/s1. The summed E-state index contributed by atoms with van der Waals surface area (Å²) in [5, 5.41) is 12.1. The number of nitrogen functional groups attached to an aromatic ring is 1. The quantitative estimate of drug-likeness (QED) is 0.284. The Labute approximate surface area is 243 Å². The van der Waals surface area contributed by atoms with Gasteiger partial charge >= 0.3 is 0 Å². The van der Waals surface area contributed by atoms with E-state index in [1.807, 2.05) is 0 Å². The summed E-state index contributed by atoms with van der Waals surface area (Å²) in [7, 11) is 0. The molecule has 0 saturated carbocycles. The van der Waals surface area contributed by atoms with Crippen LogP contribution >= 0.6 is 11.3 Å². The minimum absolute atomic E-state index is 0.0420. The Morgan fingerprint density at radius 1 is 1.12 bits per heavy atom. The summed E-state index contributed by atoms with van der Waals surface area (Å²) in [6, 6.07) is 8.98. The maximum atomic E-state index is 14.4. The average Bonchev–Trinajstić information content (AvgIpc) is 3.76. The number of ether oxygens (including phenoxy) is 2. The van der Waals surface area contributed by atoms with Gasteiger partial charge < -0.3 is 30.3 Å². The number of benzene rings is 2. The van der Waals surface area contributed by atoms with Crippen molar-refractivity contribution in [2.24, 2.45) is 5.73 Å². The molecule has 0 aliphatic carbocycles. The molecule has 2 aromatic carbocycles. The van der Waals surface area contributed by atoms with Crippen LogP contribution in [0.5, 0.6) is 0 Å². The smallest absolute Gasteiger partial charge is 0.254 e. The molecule has 10 nitrogen and oxygen atoms in total. The van der Waals surface area contributed by atoms with Crippen molar-refractivity contribution in [2.75, 3.05) is 26.3 Å². The number of carbonyl (C=O) groups excluding carboxylic acids is 3. The number of nitrogens with one attached hydrogen (secondary N) is 2. The molecule has 0 radical (unpaired) electrons. The average molecular weight is 596 g/mol. The summed E-state index contributed by atoms with van der Waals surface area (Å²) < 4.78 is 39.4. The van der Waals surface area contributed by atoms with E-state index in [1.54, 1.807) is 29.6 Å². The molecule has 1 atom stereocenters. The lowest BCUT2D eigenvalue weighted by Gasteiger charge is -2.26. The number of halogens is 2. The molecular formula is C29H27F2N5O5S. The van der Waals surface area contributed by atoms with Gasteiger partial charge in [0.05, 0.1) is 26.3 Å². The zero-order valence-corrected chi connectivity index (χ0v) is 23.1. The molecule has 3 aliphatic heterocycles. The minimum atomic E-state index is -1.09. The van der Waals surface area contributed by atoms with E-state index in [0.717, 1.165) is 17.0 Å². The van der Waals surface area contributed by atoms with Gasteiger partial charge in [-0.15, -0.1) is 11.3 Å². The highest BCUT2D eigenvalue weighted by Gasteiger charge is 2.52. The van der Waals surface area contributed by atoms with Crippen molar-refractivity contribution in [3.63, 3.8) is 0 Å². The van der Waals surface area contributed by atoms with E-state index in [9.17, 15) is 23.2 Å². The number of hydrogen-bond donors (Lipinski definition) is 3. The van der Waals surface area contributed by atoms with Gasteiger partial charge in [-0.3, -0.25) is 19.8 Å². The molecule has 2 saturated heterocycles. The molecule has 218 valence electrons. The lowest BCUT2D eigenvalue weighted by atomic mass is 10.00. The second-order valence-electron chi connectivity index (χ2n) is 10.4. The summed E-state index contributed by atoms with van der Waals surface area (Å²) in [4.78, 5) is 43.8. The molecule has 2 fully saturated rings. The van der Waals surface area contributed by atoms with Crippen molar-refractivity contribution < 1.29 is 32.6 Å². The van der Waals surface area contributed by atoms with Crippen molar-refractivity contribution in [1.82, 2.24) is 15.1 Å². The number of nitrogens with two attached hydrogens (primary N) is 1. The third kappa shape index (κ3) is 5.26. The third-order valence-electron chi connectivity index (χ3n) is 7.69. The summed E-state index contributed by atoms with van der Waals surface area (Å²) in [6.07, 6.45) is 0.147. The molecule has 1 spiro atoms. The number of fused-ring (bicyclic) bond motifs is 1. The largest absolute Gasteiger partial charge is 0.384 e. The normalized spacial score (nSPS) is 19.0. The Hall–Kier alpha value is -4.20. The lowest BCUT2D eigenvalue weighted by Crippen LogP contribution is -2.49. The number of amidine groups is 1. The van der Waals surface area contributed by atoms with Crippen LogP contribution in [0, 0.1) is 17.0 Å². The van der Waals surface area contributed by atoms with E-state index in [1.165, 1.54) is 27.2 Å². The summed E-state index contributed by atoms with van der Waals surface area (Å²) in [5.41, 5.74) is 7.68. The van der Waals surface area contributed by atoms with Crippen molar-refractivity contribution in [3.8, 4) is 11.1 Å². The maximum absolute atomic E-state index is 14.4. The van der Waals surface area contributed by atoms with Gasteiger partial charge in [-0.05, 0) is 35.4 Å². The Kier molecular flexibility index (Phi) is 7.25. The van der Waals surface area contributed by atoms with Crippen molar-refractivity contribution in [3.05, 3.63) is 81.0 Å². The van der Waals surface area contributed by atoms with Crippen LogP contribution in [0.1, 0.15) is 32.8 Å². The van der Waals surface area contributed by atoms with E-state index in [2.05, 4.69) is 5.32 Å². The zero-order valence-electron chi connectivity index (χ0n) is 22.3. The van der Waals surface area contributed by atoms with E-state index in [-0.39, 0.29) is 49.9 Å². The molecule has 6 rings (SSSR count). The molecular weight excluding hydrogens is 568 g/mol. The first kappa shape index (κ1) is 27.9. The lowest BCUT2D eigenvalue weighted by molar-refractivity contribution is -0.152. The van der Waals surface area contributed by atoms with E-state index in [0.29, 0.717) is 35.5 Å². The van der Waals surface area contributed by atoms with Gasteiger partial charge in [-0.2, -0.15) is 0 Å². The zero-order chi connectivity index (χ0) is 29.6. The molecule has 42 heavy (non-hydrogen) atoms. The summed E-state index contributed by atoms with van der Waals surface area (Å²) in [5.74, 6) is -3.82. The second-order valence-corrected chi connectivity index (χ2v) is 11.4. The summed E-state index contributed by atoms with van der Waals surface area (Å²) in [6.45, 7) is 0.820. The molecule has 13 heteroatoms. The highest BCUT2D eigenvalue weighted by atomic mass is 32.1. The van der Waals surface area contributed by atoms with Gasteiger partial charge in [0.15, 0.2) is 5.79 Å². The van der Waals surface area contributed by atoms with Crippen LogP contribution in [0.2, 0.25) is 0 Å². The number of rotatable bonds is 7. The van der Waals surface area contributed by atoms with E-state index in [4.69, 9.17) is 20.6 Å². The van der Waals surface area contributed by atoms with Crippen LogP contribution in [-0.2, 0) is 32.2 Å². The predicted octanol–water partition coefficient (Wildman–Crippen LogP) is 2.59. The fraction of sp³-hybridized carbons (Fsp3) is 0.310. The molecule has 0 bridgehead atoms. The fourth-order valence-electron chi connectivity index (χ4n) is 5.58. The molecule has 1 aromatic heterocycles. The number of hydrogen-bond acceptors (Lipinski definition) is 7. The van der Waals surface area contributed by atoms with Gasteiger partial charge in [-0.25, -0.2) is 8.78 Å². The SMILES string of the molecule is N=C(N)c1csc(CNC(=O)[C@@H]2CC3(CN2C(=O)CN2Cc4ccc(-c5ccc(F)cc5F)cc4C2=O)OCCO3)c1. The molecule has 3 aromatic rings. The minimum Gasteiger partial charge on any atom is -0.384 e. The first-order chi connectivity index (χ1) is 20.1. The number of amides is 3. The monoisotopic (exact) mass is 595 g/mol. The fourth-order valence-corrected chi connectivity index (χ4v) is 6.41. The van der Waals surface area contributed by atoms with Gasteiger partial charge in [0.1, 0.15) is 30.1 Å². The van der Waals surface area contributed by atoms with Crippen LogP contribution in [0.3, 0.4) is 0 Å². The Morgan fingerprint density at radius 3 is 2.62 bits per heavy atom. The number of thiophene rings is 1. The first-order valence-corrected chi connectivity index (χ1v) is 14.1. The molecule has 4 N–H and O–H groups in total. The van der Waals surface area contributed by atoms with Crippen molar-refractivity contribution >= 4 is 34.9 Å². The van der Waals surface area contributed by atoms with Crippen molar-refractivity contribution in [1.29, 1.82) is 5.41 Å². The Morgan fingerprint density at radius 2 is 1.90 bits per heavy atom. The highest BCUT2D eigenvalue weighted by molar-refractivity contribution is 7.10. The molecule has 4 heterocycles. The number of likely N-dealkylation sites (tertiary alicyclic amines) is 1. The van der Waals surface area contributed by atoms with Crippen LogP contribution in [0.15, 0.2) is 47.8 Å². The van der Waals surface area contributed by atoms with E-state index >= 15 is 0 Å². The molecule has 0 unspecified atom stereocenters. The van der Waals surface area contributed by atoms with Gasteiger partial charge in [-0.1, -0.05) is 12.1 Å². The number of carbonyl (C=O) groups is 3. The Balaban J connectivity index is 1.16. The van der Waals surface area contributed by atoms with Gasteiger partial charge in [0, 0.05) is 46.0 Å². The van der Waals surface area contributed by atoms with E-state index < -0.39 is 35.3 Å². The van der Waals surface area contributed by atoms with Crippen LogP contribution in [0.25, 0.3) is 11.1 Å². The highest BCUT2D eigenvalue weighted by Crippen LogP contribution is 2.36. The summed E-state index contributed by atoms with van der Waals surface area (Å²) >= 11 is 1.36. The van der Waals surface area contributed by atoms with Crippen LogP contribution < -0.4 is 11.1 Å². The second kappa shape index (κ2) is 10.9. The topological polar surface area (TPSA) is 138 Å². The maximum Gasteiger partial charge on any atom is 0.254 e.